The lowest BCUT2D eigenvalue weighted by Crippen LogP contribution is -2.30. The first kappa shape index (κ1) is 72.4. The van der Waals surface area contributed by atoms with Gasteiger partial charge in [0.1, 0.15) is 13.2 Å². The molecular formula is C69H126O6. The Hall–Kier alpha value is -2.63. The number of hydrogen-bond acceptors (Lipinski definition) is 6. The molecule has 75 heavy (non-hydrogen) atoms. The Morgan fingerprint density at radius 3 is 0.760 bits per heavy atom. The normalized spacial score (nSPS) is 12.3. The highest BCUT2D eigenvalue weighted by Crippen LogP contribution is 2.17. The zero-order valence-electron chi connectivity index (χ0n) is 50.3. The van der Waals surface area contributed by atoms with E-state index in [4.69, 9.17) is 14.2 Å². The molecule has 438 valence electrons. The van der Waals surface area contributed by atoms with Gasteiger partial charge in [0.25, 0.3) is 0 Å². The summed E-state index contributed by atoms with van der Waals surface area (Å²) in [6.45, 7) is 6.68. The van der Waals surface area contributed by atoms with Crippen LogP contribution in [0.4, 0.5) is 0 Å². The Bertz CT molecular complexity index is 1300. The van der Waals surface area contributed by atoms with Gasteiger partial charge in [0.2, 0.25) is 0 Å². The third-order valence-electron chi connectivity index (χ3n) is 14.8. The highest BCUT2D eigenvalue weighted by atomic mass is 16.6. The van der Waals surface area contributed by atoms with Crippen molar-refractivity contribution in [3.63, 3.8) is 0 Å². The lowest BCUT2D eigenvalue weighted by Gasteiger charge is -2.18. The van der Waals surface area contributed by atoms with E-state index in [-0.39, 0.29) is 31.1 Å². The molecule has 1 unspecified atom stereocenters. The lowest BCUT2D eigenvalue weighted by atomic mass is 10.0. The molecule has 0 spiro atoms. The molecule has 1 atom stereocenters. The quantitative estimate of drug-likeness (QED) is 0.0261. The molecule has 0 aliphatic carbocycles. The zero-order chi connectivity index (χ0) is 54.3. The summed E-state index contributed by atoms with van der Waals surface area (Å²) >= 11 is 0. The van der Waals surface area contributed by atoms with Gasteiger partial charge in [0.15, 0.2) is 6.10 Å². The van der Waals surface area contributed by atoms with E-state index in [1.54, 1.807) is 0 Å². The highest BCUT2D eigenvalue weighted by Gasteiger charge is 2.19. The molecule has 0 radical (unpaired) electrons. The van der Waals surface area contributed by atoms with Crippen molar-refractivity contribution in [3.8, 4) is 0 Å². The van der Waals surface area contributed by atoms with Gasteiger partial charge in [0, 0.05) is 19.3 Å². The maximum Gasteiger partial charge on any atom is 0.306 e. The van der Waals surface area contributed by atoms with Gasteiger partial charge in [-0.3, -0.25) is 14.4 Å². The van der Waals surface area contributed by atoms with Crippen LogP contribution in [0.2, 0.25) is 0 Å². The molecule has 0 aromatic carbocycles. The maximum atomic E-state index is 12.9. The summed E-state index contributed by atoms with van der Waals surface area (Å²) in [5.41, 5.74) is 0. The Morgan fingerprint density at radius 2 is 0.480 bits per heavy atom. The van der Waals surface area contributed by atoms with Gasteiger partial charge < -0.3 is 14.2 Å². The Kier molecular flexibility index (Phi) is 61.7. The minimum absolute atomic E-state index is 0.0733. The molecule has 6 nitrogen and oxygen atoms in total. The number of unbranched alkanes of at least 4 members (excludes halogenated alkanes) is 42. The van der Waals surface area contributed by atoms with Crippen molar-refractivity contribution >= 4 is 17.9 Å². The molecule has 6 heteroatoms. The van der Waals surface area contributed by atoms with Gasteiger partial charge >= 0.3 is 17.9 Å². The second kappa shape index (κ2) is 63.9. The van der Waals surface area contributed by atoms with E-state index >= 15 is 0 Å². The predicted octanol–water partition coefficient (Wildman–Crippen LogP) is 22.6. The summed E-state index contributed by atoms with van der Waals surface area (Å²) in [5, 5.41) is 0. The molecule has 0 saturated heterocycles. The standard InChI is InChI=1S/C69H126O6/c1-4-7-10-13-16-19-22-25-28-31-33-34-35-36-37-39-41-44-47-50-53-56-59-62-68(71)74-65-66(64-73-67(70)61-58-55-52-49-46-43-40-30-27-24-21-18-15-12-9-6-3)75-69(72)63-60-57-54-51-48-45-42-38-32-29-26-23-20-17-14-11-8-5-2/h22,25,29,31-33,35-36,66H,4-21,23-24,26-28,30,34,37-65H2,1-3H3/b25-22-,32-29-,33-31-,36-35-. The van der Waals surface area contributed by atoms with Gasteiger partial charge in [-0.15, -0.1) is 0 Å². The number of ether oxygens (including phenoxy) is 3. The predicted molar refractivity (Wildman–Crippen MR) is 325 cm³/mol. The van der Waals surface area contributed by atoms with Crippen LogP contribution in [0.1, 0.15) is 355 Å². The average molecular weight is 1050 g/mol. The number of allylic oxidation sites excluding steroid dienone is 8. The van der Waals surface area contributed by atoms with E-state index in [1.807, 2.05) is 0 Å². The summed E-state index contributed by atoms with van der Waals surface area (Å²) < 4.78 is 17.0. The second-order valence-corrected chi connectivity index (χ2v) is 22.4. The topological polar surface area (TPSA) is 78.9 Å². The van der Waals surface area contributed by atoms with E-state index in [0.29, 0.717) is 19.3 Å². The lowest BCUT2D eigenvalue weighted by molar-refractivity contribution is -0.167. The third-order valence-corrected chi connectivity index (χ3v) is 14.8. The van der Waals surface area contributed by atoms with Crippen molar-refractivity contribution in [2.24, 2.45) is 0 Å². The van der Waals surface area contributed by atoms with Crippen LogP contribution < -0.4 is 0 Å². The van der Waals surface area contributed by atoms with Crippen molar-refractivity contribution in [2.75, 3.05) is 13.2 Å². The van der Waals surface area contributed by atoms with E-state index in [2.05, 4.69) is 69.4 Å². The first-order chi connectivity index (χ1) is 37.0. The fourth-order valence-electron chi connectivity index (χ4n) is 9.80. The van der Waals surface area contributed by atoms with Crippen molar-refractivity contribution in [1.82, 2.24) is 0 Å². The number of carbonyl (C=O) groups is 3. The molecule has 0 aromatic heterocycles. The molecule has 0 heterocycles. The molecule has 0 N–H and O–H groups in total. The van der Waals surface area contributed by atoms with Gasteiger partial charge in [0.05, 0.1) is 0 Å². The monoisotopic (exact) mass is 1050 g/mol. The van der Waals surface area contributed by atoms with Crippen molar-refractivity contribution in [3.05, 3.63) is 48.6 Å². The first-order valence-corrected chi connectivity index (χ1v) is 33.1. The second-order valence-electron chi connectivity index (χ2n) is 22.4. The van der Waals surface area contributed by atoms with Crippen LogP contribution >= 0.6 is 0 Å². The van der Waals surface area contributed by atoms with Crippen LogP contribution in [-0.4, -0.2) is 37.2 Å². The molecule has 0 saturated carbocycles. The summed E-state index contributed by atoms with van der Waals surface area (Å²) in [6, 6.07) is 0. The van der Waals surface area contributed by atoms with Crippen LogP contribution in [0.5, 0.6) is 0 Å². The Labute approximate surface area is 467 Å². The molecule has 0 bridgehead atoms. The SMILES string of the molecule is CCCCCCC/C=C\C/C=C\C/C=C\CCCCCCCCCCC(=O)OCC(COC(=O)CCCCCCCCCCCCCCCCCC)OC(=O)CCCCCCCCC/C=C\CCCCCCCCC. The highest BCUT2D eigenvalue weighted by molar-refractivity contribution is 5.71. The molecule has 0 aromatic rings. The van der Waals surface area contributed by atoms with E-state index in [9.17, 15) is 14.4 Å². The van der Waals surface area contributed by atoms with E-state index in [0.717, 1.165) is 77.0 Å². The summed E-state index contributed by atoms with van der Waals surface area (Å²) in [4.78, 5) is 38.4. The van der Waals surface area contributed by atoms with Gasteiger partial charge in [-0.05, 0) is 83.5 Å². The molecule has 0 fully saturated rings. The largest absolute Gasteiger partial charge is 0.462 e. The summed E-state index contributed by atoms with van der Waals surface area (Å²) in [6.07, 6.45) is 79.7. The van der Waals surface area contributed by atoms with E-state index in [1.165, 1.54) is 238 Å². The van der Waals surface area contributed by atoms with Crippen LogP contribution in [-0.2, 0) is 28.6 Å². The third kappa shape index (κ3) is 62.1. The van der Waals surface area contributed by atoms with Crippen molar-refractivity contribution in [1.29, 1.82) is 0 Å². The smallest absolute Gasteiger partial charge is 0.306 e. The summed E-state index contributed by atoms with van der Waals surface area (Å²) in [7, 11) is 0. The van der Waals surface area contributed by atoms with Crippen LogP contribution in [0, 0.1) is 0 Å². The number of carbonyl (C=O) groups excluding carboxylic acids is 3. The summed E-state index contributed by atoms with van der Waals surface area (Å²) in [5.74, 6) is -0.862. The molecular weight excluding hydrogens is 925 g/mol. The Morgan fingerprint density at radius 1 is 0.267 bits per heavy atom. The van der Waals surface area contributed by atoms with Gasteiger partial charge in [-0.1, -0.05) is 301 Å². The number of hydrogen-bond donors (Lipinski definition) is 0. The fraction of sp³-hybridized carbons (Fsp3) is 0.841. The minimum atomic E-state index is -0.778. The van der Waals surface area contributed by atoms with E-state index < -0.39 is 6.10 Å². The Balaban J connectivity index is 4.34. The number of esters is 3. The van der Waals surface area contributed by atoms with Crippen LogP contribution in [0.3, 0.4) is 0 Å². The van der Waals surface area contributed by atoms with Gasteiger partial charge in [-0.2, -0.15) is 0 Å². The molecule has 0 aliphatic heterocycles. The minimum Gasteiger partial charge on any atom is -0.462 e. The van der Waals surface area contributed by atoms with Crippen LogP contribution in [0.25, 0.3) is 0 Å². The fourth-order valence-corrected chi connectivity index (χ4v) is 9.80. The van der Waals surface area contributed by atoms with Gasteiger partial charge in [-0.25, -0.2) is 0 Å². The first-order valence-electron chi connectivity index (χ1n) is 33.1. The molecule has 0 amide bonds. The molecule has 0 aliphatic rings. The van der Waals surface area contributed by atoms with Crippen molar-refractivity contribution in [2.45, 2.75) is 361 Å². The number of rotatable bonds is 61. The van der Waals surface area contributed by atoms with Crippen LogP contribution in [0.15, 0.2) is 48.6 Å². The average Bonchev–Trinajstić information content (AvgIpc) is 3.41. The zero-order valence-corrected chi connectivity index (χ0v) is 50.3. The molecule has 0 rings (SSSR count). The van der Waals surface area contributed by atoms with Crippen molar-refractivity contribution < 1.29 is 28.6 Å². The maximum absolute atomic E-state index is 12.9.